The number of benzene rings is 2. The first kappa shape index (κ1) is 20.3. The minimum absolute atomic E-state index is 0.119. The van der Waals surface area contributed by atoms with Crippen molar-refractivity contribution in [2.24, 2.45) is 0 Å². The number of anilines is 1. The van der Waals surface area contributed by atoms with Crippen molar-refractivity contribution >= 4 is 15.7 Å². The number of fused-ring (bicyclic) bond motifs is 1. The van der Waals surface area contributed by atoms with Crippen LogP contribution in [-0.4, -0.2) is 26.6 Å². The summed E-state index contributed by atoms with van der Waals surface area (Å²) in [5, 5.41) is 3.25. The highest BCUT2D eigenvalue weighted by atomic mass is 32.2. The van der Waals surface area contributed by atoms with Gasteiger partial charge in [-0.05, 0) is 60.5 Å². The van der Waals surface area contributed by atoms with Gasteiger partial charge < -0.3 is 10.1 Å². The highest BCUT2D eigenvalue weighted by Crippen LogP contribution is 2.25. The van der Waals surface area contributed by atoms with E-state index < -0.39 is 15.8 Å². The molecule has 0 unspecified atom stereocenters. The number of halogens is 1. The lowest BCUT2D eigenvalue weighted by Crippen LogP contribution is -2.24. The first-order valence-corrected chi connectivity index (χ1v) is 11.2. The summed E-state index contributed by atoms with van der Waals surface area (Å²) in [7, 11) is -3.89. The van der Waals surface area contributed by atoms with Crippen molar-refractivity contribution in [2.75, 3.05) is 17.9 Å². The minimum Gasteiger partial charge on any atom is -0.493 e. The van der Waals surface area contributed by atoms with Gasteiger partial charge in [-0.25, -0.2) is 12.8 Å². The van der Waals surface area contributed by atoms with E-state index in [-0.39, 0.29) is 10.6 Å². The lowest BCUT2D eigenvalue weighted by Gasteiger charge is -2.18. The second-order valence-electron chi connectivity index (χ2n) is 7.02. The standard InChI is InChI=1S/C22H22FN3O3S/c23-21-14-19(29-12-9-18-3-1-2-10-25-18)5-7-22(21)26-30(27,28)20-6-4-17-15-24-11-8-16(17)13-20/h1-7,10,13-14,24,26H,8-9,11-12,15H2. The molecule has 2 N–H and O–H groups in total. The fourth-order valence-corrected chi connectivity index (χ4v) is 4.43. The smallest absolute Gasteiger partial charge is 0.261 e. The average Bonchev–Trinajstić information content (AvgIpc) is 2.76. The Bertz CT molecular complexity index is 1140. The van der Waals surface area contributed by atoms with Gasteiger partial charge in [0.25, 0.3) is 10.0 Å². The minimum atomic E-state index is -3.89. The van der Waals surface area contributed by atoms with E-state index in [2.05, 4.69) is 15.0 Å². The molecule has 0 spiro atoms. The van der Waals surface area contributed by atoms with E-state index in [1.165, 1.54) is 18.2 Å². The van der Waals surface area contributed by atoms with Gasteiger partial charge in [0.1, 0.15) is 5.75 Å². The van der Waals surface area contributed by atoms with Crippen molar-refractivity contribution in [3.05, 3.63) is 83.4 Å². The molecule has 0 amide bonds. The van der Waals surface area contributed by atoms with Crippen molar-refractivity contribution in [1.29, 1.82) is 0 Å². The highest BCUT2D eigenvalue weighted by Gasteiger charge is 2.19. The summed E-state index contributed by atoms with van der Waals surface area (Å²) in [6, 6.07) is 14.7. The Balaban J connectivity index is 1.42. The number of hydrogen-bond acceptors (Lipinski definition) is 5. The summed E-state index contributed by atoms with van der Waals surface area (Å²) >= 11 is 0. The molecule has 4 rings (SSSR count). The number of hydrogen-bond donors (Lipinski definition) is 2. The maximum absolute atomic E-state index is 14.5. The van der Waals surface area contributed by atoms with Crippen LogP contribution in [0.15, 0.2) is 65.7 Å². The van der Waals surface area contributed by atoms with Crippen LogP contribution in [-0.2, 0) is 29.4 Å². The number of pyridine rings is 1. The van der Waals surface area contributed by atoms with E-state index in [4.69, 9.17) is 4.74 Å². The lowest BCUT2D eigenvalue weighted by atomic mass is 10.0. The van der Waals surface area contributed by atoms with Gasteiger partial charge in [0, 0.05) is 30.9 Å². The van der Waals surface area contributed by atoms with E-state index in [9.17, 15) is 12.8 Å². The average molecular weight is 428 g/mol. The molecule has 6 nitrogen and oxygen atoms in total. The van der Waals surface area contributed by atoms with Gasteiger partial charge in [-0.2, -0.15) is 0 Å². The van der Waals surface area contributed by atoms with Gasteiger partial charge in [-0.3, -0.25) is 9.71 Å². The van der Waals surface area contributed by atoms with Gasteiger partial charge in [0.15, 0.2) is 5.82 Å². The summed E-state index contributed by atoms with van der Waals surface area (Å²) in [4.78, 5) is 4.33. The molecule has 1 aromatic heterocycles. The highest BCUT2D eigenvalue weighted by molar-refractivity contribution is 7.92. The Kier molecular flexibility index (Phi) is 5.96. The zero-order chi connectivity index (χ0) is 21.0. The number of nitrogens with one attached hydrogen (secondary N) is 2. The van der Waals surface area contributed by atoms with Gasteiger partial charge in [-0.1, -0.05) is 12.1 Å². The molecule has 0 saturated heterocycles. The number of aromatic nitrogens is 1. The zero-order valence-corrected chi connectivity index (χ0v) is 17.1. The summed E-state index contributed by atoms with van der Waals surface area (Å²) in [5.41, 5.74) is 2.84. The molecule has 1 aliphatic heterocycles. The van der Waals surface area contributed by atoms with Gasteiger partial charge in [0.2, 0.25) is 0 Å². The normalized spacial score (nSPS) is 13.5. The predicted molar refractivity (Wildman–Crippen MR) is 112 cm³/mol. The summed E-state index contributed by atoms with van der Waals surface area (Å²) in [6.07, 6.45) is 3.05. The monoisotopic (exact) mass is 427 g/mol. The Morgan fingerprint density at radius 1 is 1.10 bits per heavy atom. The van der Waals surface area contributed by atoms with Crippen LogP contribution in [0.2, 0.25) is 0 Å². The molecule has 2 aromatic carbocycles. The molecule has 0 fully saturated rings. The number of rotatable bonds is 7. The predicted octanol–water partition coefficient (Wildman–Crippen LogP) is 3.29. The molecule has 0 radical (unpaired) electrons. The summed E-state index contributed by atoms with van der Waals surface area (Å²) < 4.78 is 47.8. The van der Waals surface area contributed by atoms with E-state index in [0.717, 1.165) is 36.3 Å². The third-order valence-corrected chi connectivity index (χ3v) is 6.28. The largest absolute Gasteiger partial charge is 0.493 e. The van der Waals surface area contributed by atoms with Crippen LogP contribution in [0.1, 0.15) is 16.8 Å². The van der Waals surface area contributed by atoms with Crippen LogP contribution in [0.3, 0.4) is 0 Å². The quantitative estimate of drug-likeness (QED) is 0.605. The molecule has 0 atom stereocenters. The second-order valence-corrected chi connectivity index (χ2v) is 8.71. The van der Waals surface area contributed by atoms with Crippen LogP contribution in [0.4, 0.5) is 10.1 Å². The van der Waals surface area contributed by atoms with Crippen molar-refractivity contribution in [3.63, 3.8) is 0 Å². The third kappa shape index (κ3) is 4.77. The lowest BCUT2D eigenvalue weighted by molar-refractivity contribution is 0.319. The fraction of sp³-hybridized carbons (Fsp3) is 0.227. The van der Waals surface area contributed by atoms with Crippen LogP contribution >= 0.6 is 0 Å². The van der Waals surface area contributed by atoms with Crippen molar-refractivity contribution in [2.45, 2.75) is 24.3 Å². The van der Waals surface area contributed by atoms with Crippen LogP contribution in [0.25, 0.3) is 0 Å². The van der Waals surface area contributed by atoms with Gasteiger partial charge in [-0.15, -0.1) is 0 Å². The summed E-state index contributed by atoms with van der Waals surface area (Å²) in [6.45, 7) is 1.87. The number of nitrogens with zero attached hydrogens (tertiary/aromatic N) is 1. The van der Waals surface area contributed by atoms with Crippen LogP contribution in [0, 0.1) is 5.82 Å². The van der Waals surface area contributed by atoms with Crippen molar-refractivity contribution in [1.82, 2.24) is 10.3 Å². The van der Waals surface area contributed by atoms with E-state index in [0.29, 0.717) is 18.8 Å². The maximum atomic E-state index is 14.5. The molecule has 0 saturated carbocycles. The van der Waals surface area contributed by atoms with Crippen LogP contribution in [0.5, 0.6) is 5.75 Å². The Hall–Kier alpha value is -2.97. The molecule has 0 aliphatic carbocycles. The maximum Gasteiger partial charge on any atom is 0.261 e. The zero-order valence-electron chi connectivity index (χ0n) is 16.3. The van der Waals surface area contributed by atoms with Crippen molar-refractivity contribution < 1.29 is 17.5 Å². The van der Waals surface area contributed by atoms with E-state index >= 15 is 0 Å². The van der Waals surface area contributed by atoms with Crippen molar-refractivity contribution in [3.8, 4) is 5.75 Å². The molecule has 156 valence electrons. The first-order valence-electron chi connectivity index (χ1n) is 9.69. The van der Waals surface area contributed by atoms with E-state index in [1.54, 1.807) is 24.4 Å². The molecular formula is C22H22FN3O3S. The van der Waals surface area contributed by atoms with Gasteiger partial charge in [0.05, 0.1) is 17.2 Å². The number of ether oxygens (including phenoxy) is 1. The van der Waals surface area contributed by atoms with Crippen LogP contribution < -0.4 is 14.8 Å². The topological polar surface area (TPSA) is 80.3 Å². The SMILES string of the molecule is O=S(=O)(Nc1ccc(OCCc2ccccn2)cc1F)c1ccc2c(c1)CCNC2. The fourth-order valence-electron chi connectivity index (χ4n) is 3.31. The molecule has 30 heavy (non-hydrogen) atoms. The summed E-state index contributed by atoms with van der Waals surface area (Å²) in [5.74, 6) is -0.372. The molecule has 8 heteroatoms. The molecule has 2 heterocycles. The Morgan fingerprint density at radius 3 is 2.80 bits per heavy atom. The van der Waals surface area contributed by atoms with E-state index in [1.807, 2.05) is 18.2 Å². The first-order chi connectivity index (χ1) is 14.5. The third-order valence-electron chi connectivity index (χ3n) is 4.91. The molecular weight excluding hydrogens is 405 g/mol. The number of sulfonamides is 1. The molecule has 1 aliphatic rings. The Morgan fingerprint density at radius 2 is 2.00 bits per heavy atom. The second kappa shape index (κ2) is 8.81. The molecule has 3 aromatic rings. The van der Waals surface area contributed by atoms with Gasteiger partial charge >= 0.3 is 0 Å². The Labute approximate surface area is 175 Å². The molecule has 0 bridgehead atoms.